The summed E-state index contributed by atoms with van der Waals surface area (Å²) in [5, 5.41) is 0. The first-order valence-corrected chi connectivity index (χ1v) is 6.07. The molecular weight excluding hydrogens is 226 g/mol. The first kappa shape index (κ1) is 12.5. The lowest BCUT2D eigenvalue weighted by Gasteiger charge is -2.19. The van der Waals surface area contributed by atoms with Gasteiger partial charge in [-0.3, -0.25) is 14.7 Å². The van der Waals surface area contributed by atoms with Crippen LogP contribution >= 0.6 is 0 Å². The minimum atomic E-state index is 0.121. The lowest BCUT2D eigenvalue weighted by Crippen LogP contribution is -2.29. The van der Waals surface area contributed by atoms with Crippen LogP contribution in [0.1, 0.15) is 23.0 Å². The summed E-state index contributed by atoms with van der Waals surface area (Å²) in [5.41, 5.74) is 1.84. The van der Waals surface area contributed by atoms with Crippen molar-refractivity contribution < 1.29 is 4.79 Å². The summed E-state index contributed by atoms with van der Waals surface area (Å²) in [4.78, 5) is 21.0. The second-order valence-corrected chi connectivity index (χ2v) is 4.17. The summed E-state index contributed by atoms with van der Waals surface area (Å²) >= 11 is 0. The maximum Gasteiger partial charge on any atom is 0.192 e. The van der Waals surface area contributed by atoms with E-state index in [9.17, 15) is 4.79 Å². The minimum absolute atomic E-state index is 0.121. The molecule has 0 atom stereocenters. The summed E-state index contributed by atoms with van der Waals surface area (Å²) < 4.78 is 0. The number of nitrogens with zero attached hydrogens (tertiary/aromatic N) is 2. The molecule has 0 fully saturated rings. The van der Waals surface area contributed by atoms with Gasteiger partial charge in [-0.2, -0.15) is 0 Å². The fourth-order valence-electron chi connectivity index (χ4n) is 1.82. The van der Waals surface area contributed by atoms with Crippen molar-refractivity contribution in [3.8, 4) is 0 Å². The number of carbonyl (C=O) groups excluding carboxylic acids is 1. The molecule has 0 aliphatic heterocycles. The molecule has 0 aliphatic rings. The van der Waals surface area contributed by atoms with Gasteiger partial charge < -0.3 is 4.98 Å². The summed E-state index contributed by atoms with van der Waals surface area (Å²) in [5.74, 6) is 0.121. The number of aromatic nitrogens is 2. The lowest BCUT2D eigenvalue weighted by molar-refractivity contribution is 0.0925. The molecule has 2 heterocycles. The average Bonchev–Trinajstić information content (AvgIpc) is 2.93. The first-order valence-electron chi connectivity index (χ1n) is 6.07. The zero-order valence-electron chi connectivity index (χ0n) is 10.5. The standard InChI is InChI=1S/C14H17N3O/c1-2-17(10-12-5-8-15-9-6-12)11-14(18)13-4-3-7-16-13/h3-9,16H,2,10-11H2,1H3. The number of aromatic amines is 1. The maximum atomic E-state index is 12.0. The number of H-pyrrole nitrogens is 1. The molecule has 4 heteroatoms. The van der Waals surface area contributed by atoms with Crippen molar-refractivity contribution in [1.29, 1.82) is 0 Å². The van der Waals surface area contributed by atoms with Crippen LogP contribution in [-0.2, 0) is 6.54 Å². The van der Waals surface area contributed by atoms with Crippen LogP contribution in [0.25, 0.3) is 0 Å². The molecule has 0 bridgehead atoms. The monoisotopic (exact) mass is 243 g/mol. The van der Waals surface area contributed by atoms with E-state index in [0.29, 0.717) is 12.2 Å². The number of hydrogen-bond donors (Lipinski definition) is 1. The molecular formula is C14H17N3O. The summed E-state index contributed by atoms with van der Waals surface area (Å²) in [6, 6.07) is 7.60. The fourth-order valence-corrected chi connectivity index (χ4v) is 1.82. The summed E-state index contributed by atoms with van der Waals surface area (Å²) in [6.07, 6.45) is 5.32. The number of hydrogen-bond acceptors (Lipinski definition) is 3. The van der Waals surface area contributed by atoms with E-state index in [1.807, 2.05) is 24.3 Å². The Bertz CT molecular complexity index is 479. The normalized spacial score (nSPS) is 10.8. The maximum absolute atomic E-state index is 12.0. The number of nitrogens with one attached hydrogen (secondary N) is 1. The molecule has 2 rings (SSSR count). The van der Waals surface area contributed by atoms with E-state index >= 15 is 0 Å². The molecule has 0 unspecified atom stereocenters. The third-order valence-electron chi connectivity index (χ3n) is 2.87. The van der Waals surface area contributed by atoms with Gasteiger partial charge in [0.25, 0.3) is 0 Å². The quantitative estimate of drug-likeness (QED) is 0.790. The Kier molecular flexibility index (Phi) is 4.25. The Morgan fingerprint density at radius 3 is 2.72 bits per heavy atom. The Labute approximate surface area is 107 Å². The molecule has 2 aromatic rings. The predicted octanol–water partition coefficient (Wildman–Crippen LogP) is 2.11. The predicted molar refractivity (Wildman–Crippen MR) is 70.3 cm³/mol. The zero-order valence-corrected chi connectivity index (χ0v) is 10.5. The SMILES string of the molecule is CCN(CC(=O)c1ccc[nH]1)Cc1ccncc1. The molecule has 0 radical (unpaired) electrons. The van der Waals surface area contributed by atoms with Gasteiger partial charge in [-0.25, -0.2) is 0 Å². The molecule has 0 amide bonds. The highest BCUT2D eigenvalue weighted by atomic mass is 16.1. The molecule has 1 N–H and O–H groups in total. The number of likely N-dealkylation sites (N-methyl/N-ethyl adjacent to an activating group) is 1. The van der Waals surface area contributed by atoms with Gasteiger partial charge in [-0.15, -0.1) is 0 Å². The van der Waals surface area contributed by atoms with Gasteiger partial charge in [-0.1, -0.05) is 6.92 Å². The number of rotatable bonds is 6. The number of Topliss-reactive ketones (excluding diaryl/α,β-unsaturated/α-hetero) is 1. The van der Waals surface area contributed by atoms with Gasteiger partial charge in [0, 0.05) is 25.1 Å². The van der Waals surface area contributed by atoms with Crippen molar-refractivity contribution in [3.05, 3.63) is 54.1 Å². The second kappa shape index (κ2) is 6.12. The van der Waals surface area contributed by atoms with E-state index in [-0.39, 0.29) is 5.78 Å². The van der Waals surface area contributed by atoms with E-state index < -0.39 is 0 Å². The molecule has 0 spiro atoms. The molecule has 0 aromatic carbocycles. The highest BCUT2D eigenvalue weighted by Crippen LogP contribution is 2.05. The van der Waals surface area contributed by atoms with E-state index in [1.54, 1.807) is 18.6 Å². The summed E-state index contributed by atoms with van der Waals surface area (Å²) in [7, 11) is 0. The van der Waals surface area contributed by atoms with Gasteiger partial charge in [0.15, 0.2) is 5.78 Å². The Morgan fingerprint density at radius 1 is 1.33 bits per heavy atom. The van der Waals surface area contributed by atoms with Crippen molar-refractivity contribution >= 4 is 5.78 Å². The van der Waals surface area contributed by atoms with Gasteiger partial charge in [0.1, 0.15) is 0 Å². The Balaban J connectivity index is 1.96. The molecule has 0 saturated carbocycles. The molecule has 4 nitrogen and oxygen atoms in total. The van der Waals surface area contributed by atoms with Gasteiger partial charge >= 0.3 is 0 Å². The van der Waals surface area contributed by atoms with E-state index in [0.717, 1.165) is 13.1 Å². The van der Waals surface area contributed by atoms with Crippen LogP contribution in [0.15, 0.2) is 42.9 Å². The van der Waals surface area contributed by atoms with E-state index in [4.69, 9.17) is 0 Å². The van der Waals surface area contributed by atoms with E-state index in [2.05, 4.69) is 21.8 Å². The minimum Gasteiger partial charge on any atom is -0.359 e. The van der Waals surface area contributed by atoms with Crippen molar-refractivity contribution in [1.82, 2.24) is 14.9 Å². The summed E-state index contributed by atoms with van der Waals surface area (Å²) in [6.45, 7) is 4.10. The van der Waals surface area contributed by atoms with Gasteiger partial charge in [0.2, 0.25) is 0 Å². The van der Waals surface area contributed by atoms with Gasteiger partial charge in [0.05, 0.1) is 12.2 Å². The number of ketones is 1. The Morgan fingerprint density at radius 2 is 2.11 bits per heavy atom. The fraction of sp³-hybridized carbons (Fsp3) is 0.286. The van der Waals surface area contributed by atoms with Crippen LogP contribution in [-0.4, -0.2) is 33.7 Å². The van der Waals surface area contributed by atoms with Crippen molar-refractivity contribution in [2.24, 2.45) is 0 Å². The molecule has 0 aliphatic carbocycles. The average molecular weight is 243 g/mol. The van der Waals surface area contributed by atoms with Crippen LogP contribution in [0, 0.1) is 0 Å². The topological polar surface area (TPSA) is 49.0 Å². The molecule has 18 heavy (non-hydrogen) atoms. The van der Waals surface area contributed by atoms with Crippen molar-refractivity contribution in [3.63, 3.8) is 0 Å². The molecule has 2 aromatic heterocycles. The first-order chi connectivity index (χ1) is 8.79. The van der Waals surface area contributed by atoms with Crippen LogP contribution in [0.3, 0.4) is 0 Å². The van der Waals surface area contributed by atoms with Gasteiger partial charge in [-0.05, 0) is 36.4 Å². The van der Waals surface area contributed by atoms with Crippen molar-refractivity contribution in [2.45, 2.75) is 13.5 Å². The lowest BCUT2D eigenvalue weighted by atomic mass is 10.2. The third-order valence-corrected chi connectivity index (χ3v) is 2.87. The van der Waals surface area contributed by atoms with Crippen molar-refractivity contribution in [2.75, 3.05) is 13.1 Å². The highest BCUT2D eigenvalue weighted by Gasteiger charge is 2.12. The number of pyridine rings is 1. The molecule has 0 saturated heterocycles. The molecule has 94 valence electrons. The number of carbonyl (C=O) groups is 1. The van der Waals surface area contributed by atoms with Crippen LogP contribution in [0.5, 0.6) is 0 Å². The largest absolute Gasteiger partial charge is 0.359 e. The smallest absolute Gasteiger partial charge is 0.192 e. The second-order valence-electron chi connectivity index (χ2n) is 4.17. The zero-order chi connectivity index (χ0) is 12.8. The van der Waals surface area contributed by atoms with Crippen LogP contribution in [0.4, 0.5) is 0 Å². The highest BCUT2D eigenvalue weighted by molar-refractivity contribution is 5.95. The Hall–Kier alpha value is -1.94. The third kappa shape index (κ3) is 3.28. The van der Waals surface area contributed by atoms with Crippen LogP contribution in [0.2, 0.25) is 0 Å². The van der Waals surface area contributed by atoms with E-state index in [1.165, 1.54) is 5.56 Å². The van der Waals surface area contributed by atoms with Crippen LogP contribution < -0.4 is 0 Å².